The number of anilines is 1. The van der Waals surface area contributed by atoms with Crippen molar-refractivity contribution in [3.63, 3.8) is 0 Å². The standard InChI is InChI=1S/C12H10BrN3S/c1-6-9(12-16-11(14)10(13)17-12)7-4-2-3-5-8(7)15-6/h2-5,15H,14H2,1H3. The molecule has 5 heteroatoms. The summed E-state index contributed by atoms with van der Waals surface area (Å²) in [5.74, 6) is 0.551. The molecule has 17 heavy (non-hydrogen) atoms. The maximum absolute atomic E-state index is 5.78. The van der Waals surface area contributed by atoms with E-state index in [0.29, 0.717) is 5.82 Å². The van der Waals surface area contributed by atoms with Gasteiger partial charge in [0, 0.05) is 22.2 Å². The highest BCUT2D eigenvalue weighted by Gasteiger charge is 2.15. The fourth-order valence-corrected chi connectivity index (χ4v) is 3.35. The molecular weight excluding hydrogens is 298 g/mol. The molecule has 0 amide bonds. The molecule has 3 aromatic rings. The Morgan fingerprint density at radius 2 is 2.12 bits per heavy atom. The fraction of sp³-hybridized carbons (Fsp3) is 0.0833. The number of fused-ring (bicyclic) bond motifs is 1. The highest BCUT2D eigenvalue weighted by atomic mass is 79.9. The molecule has 0 spiro atoms. The third-order valence-electron chi connectivity index (χ3n) is 2.72. The van der Waals surface area contributed by atoms with E-state index in [1.165, 1.54) is 5.39 Å². The second-order valence-corrected chi connectivity index (χ2v) is 6.17. The van der Waals surface area contributed by atoms with E-state index in [1.54, 1.807) is 11.3 Å². The number of thiazole rings is 1. The van der Waals surface area contributed by atoms with Gasteiger partial charge in [0.1, 0.15) is 14.6 Å². The minimum Gasteiger partial charge on any atom is -0.382 e. The predicted octanol–water partition coefficient (Wildman–Crippen LogP) is 3.94. The van der Waals surface area contributed by atoms with E-state index in [2.05, 4.69) is 45.0 Å². The van der Waals surface area contributed by atoms with E-state index >= 15 is 0 Å². The lowest BCUT2D eigenvalue weighted by atomic mass is 10.1. The van der Waals surface area contributed by atoms with Crippen molar-refractivity contribution in [3.8, 4) is 10.6 Å². The first-order valence-corrected chi connectivity index (χ1v) is 6.77. The van der Waals surface area contributed by atoms with Crippen LogP contribution in [0, 0.1) is 6.92 Å². The largest absolute Gasteiger partial charge is 0.382 e. The topological polar surface area (TPSA) is 54.7 Å². The summed E-state index contributed by atoms with van der Waals surface area (Å²) in [6, 6.07) is 8.22. The molecule has 0 aliphatic carbocycles. The van der Waals surface area contributed by atoms with Crippen LogP contribution in [0.3, 0.4) is 0 Å². The smallest absolute Gasteiger partial charge is 0.149 e. The fourth-order valence-electron chi connectivity index (χ4n) is 1.97. The minimum atomic E-state index is 0.551. The lowest BCUT2D eigenvalue weighted by molar-refractivity contribution is 1.29. The van der Waals surface area contributed by atoms with E-state index in [9.17, 15) is 0 Å². The van der Waals surface area contributed by atoms with Gasteiger partial charge < -0.3 is 10.7 Å². The number of para-hydroxylation sites is 1. The molecule has 1 aromatic carbocycles. The molecule has 0 atom stereocenters. The monoisotopic (exact) mass is 307 g/mol. The molecule has 0 bridgehead atoms. The van der Waals surface area contributed by atoms with Crippen LogP contribution in [0.1, 0.15) is 5.69 Å². The van der Waals surface area contributed by atoms with Crippen LogP contribution in [0.5, 0.6) is 0 Å². The summed E-state index contributed by atoms with van der Waals surface area (Å²) in [6.07, 6.45) is 0. The van der Waals surface area contributed by atoms with E-state index in [1.807, 2.05) is 12.1 Å². The third-order valence-corrected chi connectivity index (χ3v) is 4.49. The number of nitrogen functional groups attached to an aromatic ring is 1. The third kappa shape index (κ3) is 1.66. The first-order chi connectivity index (χ1) is 8.16. The Labute approximate surface area is 111 Å². The van der Waals surface area contributed by atoms with Crippen molar-refractivity contribution in [1.82, 2.24) is 9.97 Å². The van der Waals surface area contributed by atoms with Gasteiger partial charge >= 0.3 is 0 Å². The van der Waals surface area contributed by atoms with Gasteiger partial charge in [0.15, 0.2) is 0 Å². The van der Waals surface area contributed by atoms with E-state index < -0.39 is 0 Å². The number of aromatic amines is 1. The summed E-state index contributed by atoms with van der Waals surface area (Å²) >= 11 is 4.97. The number of halogens is 1. The van der Waals surface area contributed by atoms with Crippen molar-refractivity contribution in [1.29, 1.82) is 0 Å². The molecule has 86 valence electrons. The first kappa shape index (κ1) is 10.8. The Bertz CT molecular complexity index is 679. The van der Waals surface area contributed by atoms with Crippen molar-refractivity contribution in [2.75, 3.05) is 5.73 Å². The minimum absolute atomic E-state index is 0.551. The van der Waals surface area contributed by atoms with Crippen LogP contribution in [0.25, 0.3) is 21.5 Å². The van der Waals surface area contributed by atoms with Crippen molar-refractivity contribution >= 4 is 44.0 Å². The predicted molar refractivity (Wildman–Crippen MR) is 76.3 cm³/mol. The zero-order chi connectivity index (χ0) is 12.0. The van der Waals surface area contributed by atoms with Gasteiger partial charge in [-0.05, 0) is 28.9 Å². The summed E-state index contributed by atoms with van der Waals surface area (Å²) in [7, 11) is 0. The van der Waals surface area contributed by atoms with Crippen molar-refractivity contribution in [3.05, 3.63) is 33.7 Å². The molecule has 0 aliphatic rings. The number of hydrogen-bond donors (Lipinski definition) is 2. The summed E-state index contributed by atoms with van der Waals surface area (Å²) in [5, 5.41) is 2.13. The molecule has 0 aliphatic heterocycles. The average Bonchev–Trinajstić information content (AvgIpc) is 2.78. The zero-order valence-electron chi connectivity index (χ0n) is 9.12. The molecule has 3 nitrogen and oxygen atoms in total. The molecule has 0 fully saturated rings. The number of hydrogen-bond acceptors (Lipinski definition) is 3. The number of nitrogens with zero attached hydrogens (tertiary/aromatic N) is 1. The molecule has 0 radical (unpaired) electrons. The van der Waals surface area contributed by atoms with Crippen LogP contribution in [0.2, 0.25) is 0 Å². The van der Waals surface area contributed by atoms with Gasteiger partial charge in [-0.3, -0.25) is 0 Å². The van der Waals surface area contributed by atoms with Crippen LogP contribution in [-0.2, 0) is 0 Å². The highest BCUT2D eigenvalue weighted by Crippen LogP contribution is 2.38. The molecule has 0 unspecified atom stereocenters. The number of aromatic nitrogens is 2. The molecule has 0 saturated carbocycles. The normalized spacial score (nSPS) is 11.2. The van der Waals surface area contributed by atoms with Crippen molar-refractivity contribution < 1.29 is 0 Å². The molecular formula is C12H10BrN3S. The number of rotatable bonds is 1. The van der Waals surface area contributed by atoms with E-state index in [4.69, 9.17) is 5.73 Å². The lowest BCUT2D eigenvalue weighted by Crippen LogP contribution is -1.85. The second kappa shape index (κ2) is 3.85. The van der Waals surface area contributed by atoms with Crippen LogP contribution in [0.4, 0.5) is 5.82 Å². The summed E-state index contributed by atoms with van der Waals surface area (Å²) < 4.78 is 0.886. The quantitative estimate of drug-likeness (QED) is 0.715. The van der Waals surface area contributed by atoms with Crippen LogP contribution >= 0.6 is 27.3 Å². The number of H-pyrrole nitrogens is 1. The second-order valence-electron chi connectivity index (χ2n) is 3.85. The number of benzene rings is 1. The van der Waals surface area contributed by atoms with Gasteiger partial charge in [0.25, 0.3) is 0 Å². The maximum atomic E-state index is 5.78. The van der Waals surface area contributed by atoms with E-state index in [-0.39, 0.29) is 0 Å². The van der Waals surface area contributed by atoms with Crippen LogP contribution in [-0.4, -0.2) is 9.97 Å². The maximum Gasteiger partial charge on any atom is 0.149 e. The Balaban J connectivity index is 2.33. The van der Waals surface area contributed by atoms with Gasteiger partial charge in [-0.2, -0.15) is 0 Å². The first-order valence-electron chi connectivity index (χ1n) is 5.16. The Morgan fingerprint density at radius 1 is 1.35 bits per heavy atom. The van der Waals surface area contributed by atoms with Gasteiger partial charge in [-0.25, -0.2) is 4.98 Å². The Kier molecular flexibility index (Phi) is 2.45. The van der Waals surface area contributed by atoms with Gasteiger partial charge in [0.2, 0.25) is 0 Å². The number of aryl methyl sites for hydroxylation is 1. The average molecular weight is 308 g/mol. The summed E-state index contributed by atoms with van der Waals surface area (Å²) in [4.78, 5) is 7.76. The molecule has 3 N–H and O–H groups in total. The van der Waals surface area contributed by atoms with Gasteiger partial charge in [-0.1, -0.05) is 18.2 Å². The molecule has 2 heterocycles. The lowest BCUT2D eigenvalue weighted by Gasteiger charge is -1.95. The van der Waals surface area contributed by atoms with E-state index in [0.717, 1.165) is 25.6 Å². The van der Waals surface area contributed by atoms with Gasteiger partial charge in [0.05, 0.1) is 0 Å². The SMILES string of the molecule is Cc1[nH]c2ccccc2c1-c1nc(N)c(Br)s1. The van der Waals surface area contributed by atoms with Gasteiger partial charge in [-0.15, -0.1) is 11.3 Å². The van der Waals surface area contributed by atoms with Crippen molar-refractivity contribution in [2.45, 2.75) is 6.92 Å². The van der Waals surface area contributed by atoms with Crippen LogP contribution < -0.4 is 5.73 Å². The van der Waals surface area contributed by atoms with Crippen molar-refractivity contribution in [2.24, 2.45) is 0 Å². The molecule has 0 saturated heterocycles. The Morgan fingerprint density at radius 3 is 2.82 bits per heavy atom. The number of nitrogens with two attached hydrogens (primary N) is 1. The summed E-state index contributed by atoms with van der Waals surface area (Å²) in [6.45, 7) is 2.06. The van der Waals surface area contributed by atoms with Crippen LogP contribution in [0.15, 0.2) is 28.1 Å². The zero-order valence-corrected chi connectivity index (χ0v) is 11.5. The molecule has 3 rings (SSSR count). The summed E-state index contributed by atoms with van der Waals surface area (Å²) in [5.41, 5.74) is 9.17. The number of nitrogens with one attached hydrogen (secondary N) is 1. The highest BCUT2D eigenvalue weighted by molar-refractivity contribution is 9.11. The molecule has 2 aromatic heterocycles. The Hall–Kier alpha value is -1.33.